The zero-order chi connectivity index (χ0) is 30.5. The molecular weight excluding hydrogens is 558 g/mol. The van der Waals surface area contributed by atoms with E-state index in [1.54, 1.807) is 12.0 Å². The predicted molar refractivity (Wildman–Crippen MR) is 167 cm³/mol. The first-order chi connectivity index (χ1) is 21.6. The molecule has 11 nitrogen and oxygen atoms in total. The van der Waals surface area contributed by atoms with Gasteiger partial charge in [-0.3, -0.25) is 9.69 Å². The quantitative estimate of drug-likeness (QED) is 0.398. The molecule has 11 heteroatoms. The van der Waals surface area contributed by atoms with Crippen molar-refractivity contribution in [2.24, 2.45) is 0 Å². The maximum atomic E-state index is 12.6. The molecule has 1 amide bonds. The first-order valence-corrected chi connectivity index (χ1v) is 15.9. The van der Waals surface area contributed by atoms with Gasteiger partial charge in [0.15, 0.2) is 0 Å². The molecule has 0 N–H and O–H groups in total. The van der Waals surface area contributed by atoms with E-state index in [-0.39, 0.29) is 18.4 Å². The van der Waals surface area contributed by atoms with Crippen LogP contribution in [-0.4, -0.2) is 111 Å². The Labute approximate surface area is 260 Å². The van der Waals surface area contributed by atoms with Crippen molar-refractivity contribution >= 4 is 17.4 Å². The number of carbonyl (C=O) groups is 1. The zero-order valence-corrected chi connectivity index (χ0v) is 25.7. The van der Waals surface area contributed by atoms with Crippen LogP contribution in [0.15, 0.2) is 30.9 Å². The number of nitriles is 1. The summed E-state index contributed by atoms with van der Waals surface area (Å²) in [6, 6.07) is 9.18. The molecule has 1 aromatic carbocycles. The number of amides is 1. The number of nitrogens with zero attached hydrogens (tertiary/aromatic N) is 7. The number of aryl methyl sites for hydroxylation is 1. The second kappa shape index (κ2) is 13.8. The normalized spacial score (nSPS) is 22.0. The number of hydrogen-bond acceptors (Lipinski definition) is 10. The van der Waals surface area contributed by atoms with Gasteiger partial charge < -0.3 is 28.9 Å². The lowest BCUT2D eigenvalue weighted by molar-refractivity contribution is -0.128. The second-order valence-electron chi connectivity index (χ2n) is 11.9. The van der Waals surface area contributed by atoms with E-state index in [1.165, 1.54) is 17.3 Å². The van der Waals surface area contributed by atoms with Gasteiger partial charge in [0.2, 0.25) is 5.91 Å². The first kappa shape index (κ1) is 30.2. The van der Waals surface area contributed by atoms with Crippen molar-refractivity contribution in [1.82, 2.24) is 19.8 Å². The number of morpholine rings is 1. The summed E-state index contributed by atoms with van der Waals surface area (Å²) in [6.07, 6.45) is 6.45. The Morgan fingerprint density at radius 2 is 2.05 bits per heavy atom. The van der Waals surface area contributed by atoms with Crippen LogP contribution >= 0.6 is 0 Å². The van der Waals surface area contributed by atoms with Gasteiger partial charge in [0, 0.05) is 75.6 Å². The average Bonchev–Trinajstić information content (AvgIpc) is 3.07. The highest BCUT2D eigenvalue weighted by atomic mass is 16.5. The lowest BCUT2D eigenvalue weighted by atomic mass is 9.88. The maximum Gasteiger partial charge on any atom is 0.318 e. The molecule has 234 valence electrons. The number of ether oxygens (including phenoxy) is 3. The molecule has 2 aromatic rings. The standard InChI is InChI=1S/C33H43N7O4/c1-3-31(41)40-14-13-38(23-26(40)10-11-34)32-28-9-7-25(39-12-4-5-24-6-8-27(42-2)22-30(24)39)21-29(28)35-33(36-32)44-20-17-37-15-18-43-19-16-37/h3,6,8,22,25-26H,1,4-5,7,9-10,12-21,23H2,2H3. The van der Waals surface area contributed by atoms with Crippen molar-refractivity contribution in [2.75, 3.05) is 82.5 Å². The smallest absolute Gasteiger partial charge is 0.318 e. The first-order valence-electron chi connectivity index (χ1n) is 15.9. The van der Waals surface area contributed by atoms with Crippen molar-refractivity contribution in [3.8, 4) is 17.8 Å². The number of carbonyl (C=O) groups excluding carboxylic acids is 1. The molecule has 0 saturated carbocycles. The molecule has 0 bridgehead atoms. The SMILES string of the molecule is C=CC(=O)N1CCN(c2nc(OCCN3CCOCC3)nc3c2CCC(N2CCCc4ccc(OC)cc42)C3)CC1CC#N. The van der Waals surface area contributed by atoms with E-state index in [0.29, 0.717) is 38.3 Å². The van der Waals surface area contributed by atoms with Crippen LogP contribution in [0, 0.1) is 11.3 Å². The van der Waals surface area contributed by atoms with Crippen LogP contribution in [0.3, 0.4) is 0 Å². The highest BCUT2D eigenvalue weighted by Crippen LogP contribution is 2.38. The summed E-state index contributed by atoms with van der Waals surface area (Å²) in [6.45, 7) is 10.9. The third-order valence-corrected chi connectivity index (χ3v) is 9.40. The van der Waals surface area contributed by atoms with Gasteiger partial charge in [-0.05, 0) is 43.4 Å². The molecule has 1 aromatic heterocycles. The van der Waals surface area contributed by atoms with Crippen LogP contribution in [0.1, 0.15) is 36.1 Å². The molecule has 0 spiro atoms. The van der Waals surface area contributed by atoms with E-state index in [9.17, 15) is 10.1 Å². The summed E-state index contributed by atoms with van der Waals surface area (Å²) in [5.41, 5.74) is 4.82. The van der Waals surface area contributed by atoms with Gasteiger partial charge in [-0.25, -0.2) is 0 Å². The minimum absolute atomic E-state index is 0.136. The fourth-order valence-electron chi connectivity index (χ4n) is 7.06. The van der Waals surface area contributed by atoms with E-state index < -0.39 is 0 Å². The summed E-state index contributed by atoms with van der Waals surface area (Å²) in [4.78, 5) is 31.4. The molecule has 2 atom stereocenters. The Morgan fingerprint density at radius 3 is 2.84 bits per heavy atom. The molecule has 4 aliphatic rings. The van der Waals surface area contributed by atoms with Gasteiger partial charge in [-0.2, -0.15) is 15.2 Å². The Bertz CT molecular complexity index is 1390. The molecule has 2 unspecified atom stereocenters. The molecule has 4 heterocycles. The highest BCUT2D eigenvalue weighted by molar-refractivity contribution is 5.87. The molecule has 1 aliphatic carbocycles. The summed E-state index contributed by atoms with van der Waals surface area (Å²) in [7, 11) is 1.72. The minimum atomic E-state index is -0.230. The van der Waals surface area contributed by atoms with E-state index in [0.717, 1.165) is 94.3 Å². The van der Waals surface area contributed by atoms with Gasteiger partial charge >= 0.3 is 6.01 Å². The summed E-state index contributed by atoms with van der Waals surface area (Å²) < 4.78 is 17.3. The van der Waals surface area contributed by atoms with Crippen LogP contribution in [0.2, 0.25) is 0 Å². The van der Waals surface area contributed by atoms with Gasteiger partial charge in [0.05, 0.1) is 44.5 Å². The molecule has 2 saturated heterocycles. The van der Waals surface area contributed by atoms with Crippen molar-refractivity contribution in [2.45, 2.75) is 50.6 Å². The molecule has 0 radical (unpaired) electrons. The van der Waals surface area contributed by atoms with Gasteiger partial charge in [-0.1, -0.05) is 12.6 Å². The Balaban J connectivity index is 1.27. The molecule has 44 heavy (non-hydrogen) atoms. The number of aromatic nitrogens is 2. The molecule has 6 rings (SSSR count). The van der Waals surface area contributed by atoms with Gasteiger partial charge in [-0.15, -0.1) is 0 Å². The van der Waals surface area contributed by atoms with Crippen LogP contribution in [0.4, 0.5) is 11.5 Å². The van der Waals surface area contributed by atoms with E-state index in [1.807, 2.05) is 0 Å². The lowest BCUT2D eigenvalue weighted by Gasteiger charge is -2.43. The number of fused-ring (bicyclic) bond motifs is 2. The van der Waals surface area contributed by atoms with Crippen molar-refractivity contribution in [3.63, 3.8) is 0 Å². The third-order valence-electron chi connectivity index (χ3n) is 9.40. The van der Waals surface area contributed by atoms with Crippen LogP contribution in [-0.2, 0) is 28.8 Å². The largest absolute Gasteiger partial charge is 0.497 e. The Kier molecular flexibility index (Phi) is 9.48. The summed E-state index contributed by atoms with van der Waals surface area (Å²) in [5.74, 6) is 1.63. The highest BCUT2D eigenvalue weighted by Gasteiger charge is 2.35. The number of methoxy groups -OCH3 is 1. The van der Waals surface area contributed by atoms with Gasteiger partial charge in [0.1, 0.15) is 18.2 Å². The van der Waals surface area contributed by atoms with Crippen molar-refractivity contribution < 1.29 is 19.0 Å². The number of anilines is 2. The Morgan fingerprint density at radius 1 is 1.18 bits per heavy atom. The average molecular weight is 602 g/mol. The van der Waals surface area contributed by atoms with Crippen LogP contribution in [0.5, 0.6) is 11.8 Å². The summed E-state index contributed by atoms with van der Waals surface area (Å²) >= 11 is 0. The summed E-state index contributed by atoms with van der Waals surface area (Å²) in [5, 5.41) is 9.54. The van der Waals surface area contributed by atoms with Crippen LogP contribution in [0.25, 0.3) is 0 Å². The van der Waals surface area contributed by atoms with Crippen molar-refractivity contribution in [3.05, 3.63) is 47.7 Å². The topological polar surface area (TPSA) is 107 Å². The maximum absolute atomic E-state index is 12.6. The Hall–Kier alpha value is -3.88. The fraction of sp³-hybridized carbons (Fsp3) is 0.576. The number of benzene rings is 1. The lowest BCUT2D eigenvalue weighted by Crippen LogP contribution is -2.55. The molecular formula is C33H43N7O4. The fourth-order valence-corrected chi connectivity index (χ4v) is 7.06. The van der Waals surface area contributed by atoms with Gasteiger partial charge in [0.25, 0.3) is 0 Å². The predicted octanol–water partition coefficient (Wildman–Crippen LogP) is 2.62. The molecule has 2 fully saturated rings. The molecule has 3 aliphatic heterocycles. The monoisotopic (exact) mass is 601 g/mol. The second-order valence-corrected chi connectivity index (χ2v) is 11.9. The third kappa shape index (κ3) is 6.47. The zero-order valence-electron chi connectivity index (χ0n) is 25.7. The van der Waals surface area contributed by atoms with Crippen LogP contribution < -0.4 is 19.3 Å². The van der Waals surface area contributed by atoms with Crippen molar-refractivity contribution in [1.29, 1.82) is 5.26 Å². The number of rotatable bonds is 9. The van der Waals surface area contributed by atoms with E-state index in [2.05, 4.69) is 45.5 Å². The van der Waals surface area contributed by atoms with E-state index in [4.69, 9.17) is 24.2 Å². The minimum Gasteiger partial charge on any atom is -0.497 e. The number of hydrogen-bond donors (Lipinski definition) is 0. The number of piperazine rings is 1. The van der Waals surface area contributed by atoms with E-state index >= 15 is 0 Å².